The first kappa shape index (κ1) is 15.3. The Balaban J connectivity index is 1.96. The molecule has 104 valence electrons. The Bertz CT molecular complexity index is 596. The van der Waals surface area contributed by atoms with E-state index in [2.05, 4.69) is 31.9 Å². The van der Waals surface area contributed by atoms with Crippen LogP contribution in [-0.4, -0.2) is 17.9 Å². The Kier molecular flexibility index (Phi) is 5.38. The molecule has 2 aromatic carbocycles. The second-order valence-electron chi connectivity index (χ2n) is 4.68. The lowest BCUT2D eigenvalue weighted by molar-refractivity contribution is -0.129. The van der Waals surface area contributed by atoms with E-state index in [1.807, 2.05) is 55.6 Å². The van der Waals surface area contributed by atoms with Crippen LogP contribution in [0.1, 0.15) is 11.1 Å². The maximum absolute atomic E-state index is 12.2. The van der Waals surface area contributed by atoms with Gasteiger partial charge >= 0.3 is 0 Å². The molecule has 0 radical (unpaired) electrons. The molecule has 0 atom stereocenters. The van der Waals surface area contributed by atoms with E-state index in [0.717, 1.165) is 20.1 Å². The van der Waals surface area contributed by atoms with Gasteiger partial charge in [0.2, 0.25) is 5.91 Å². The van der Waals surface area contributed by atoms with E-state index in [1.165, 1.54) is 0 Å². The van der Waals surface area contributed by atoms with Gasteiger partial charge in [0.15, 0.2) is 0 Å². The van der Waals surface area contributed by atoms with Crippen molar-refractivity contribution in [1.82, 2.24) is 4.90 Å². The first-order chi connectivity index (χ1) is 9.54. The topological polar surface area (TPSA) is 20.3 Å². The third-order valence-electron chi connectivity index (χ3n) is 3.00. The fourth-order valence-electron chi connectivity index (χ4n) is 1.91. The monoisotopic (exact) mass is 395 g/mol. The molecule has 0 fully saturated rings. The molecule has 0 aliphatic heterocycles. The van der Waals surface area contributed by atoms with Crippen molar-refractivity contribution in [1.29, 1.82) is 0 Å². The molecule has 4 heteroatoms. The van der Waals surface area contributed by atoms with Gasteiger partial charge in [-0.15, -0.1) is 0 Å². The minimum Gasteiger partial charge on any atom is -0.341 e. The van der Waals surface area contributed by atoms with Crippen LogP contribution in [0, 0.1) is 0 Å². The van der Waals surface area contributed by atoms with Crippen molar-refractivity contribution in [3.63, 3.8) is 0 Å². The summed E-state index contributed by atoms with van der Waals surface area (Å²) in [6, 6.07) is 15.9. The highest BCUT2D eigenvalue weighted by Crippen LogP contribution is 2.14. The molecular weight excluding hydrogens is 382 g/mol. The normalized spacial score (nSPS) is 10.3. The quantitative estimate of drug-likeness (QED) is 0.749. The van der Waals surface area contributed by atoms with Gasteiger partial charge < -0.3 is 4.90 Å². The third-order valence-corrected chi connectivity index (χ3v) is 4.03. The molecule has 2 rings (SSSR count). The van der Waals surface area contributed by atoms with Crippen molar-refractivity contribution in [2.45, 2.75) is 13.0 Å². The number of halogens is 2. The van der Waals surface area contributed by atoms with E-state index in [0.29, 0.717) is 13.0 Å². The molecule has 0 saturated heterocycles. The first-order valence-corrected chi connectivity index (χ1v) is 7.86. The molecule has 0 aliphatic rings. The summed E-state index contributed by atoms with van der Waals surface area (Å²) in [5.74, 6) is 0.117. The van der Waals surface area contributed by atoms with Gasteiger partial charge in [0.1, 0.15) is 0 Å². The van der Waals surface area contributed by atoms with Crippen LogP contribution in [0.2, 0.25) is 0 Å². The highest BCUT2D eigenvalue weighted by Gasteiger charge is 2.10. The van der Waals surface area contributed by atoms with E-state index >= 15 is 0 Å². The number of likely N-dealkylation sites (N-methyl/N-ethyl adjacent to an activating group) is 1. The number of nitrogens with zero attached hydrogens (tertiary/aromatic N) is 1. The van der Waals surface area contributed by atoms with E-state index in [-0.39, 0.29) is 5.91 Å². The van der Waals surface area contributed by atoms with Crippen LogP contribution < -0.4 is 0 Å². The summed E-state index contributed by atoms with van der Waals surface area (Å²) >= 11 is 6.83. The highest BCUT2D eigenvalue weighted by molar-refractivity contribution is 9.10. The van der Waals surface area contributed by atoms with Crippen molar-refractivity contribution in [3.8, 4) is 0 Å². The molecule has 0 heterocycles. The smallest absolute Gasteiger partial charge is 0.227 e. The lowest BCUT2D eigenvalue weighted by atomic mass is 10.1. The zero-order valence-electron chi connectivity index (χ0n) is 11.1. The van der Waals surface area contributed by atoms with Crippen LogP contribution in [0.4, 0.5) is 0 Å². The van der Waals surface area contributed by atoms with Crippen molar-refractivity contribution >= 4 is 37.8 Å². The second-order valence-corrected chi connectivity index (χ2v) is 6.51. The summed E-state index contributed by atoms with van der Waals surface area (Å²) in [6.07, 6.45) is 0.423. The van der Waals surface area contributed by atoms with Gasteiger partial charge in [-0.25, -0.2) is 0 Å². The molecule has 1 amide bonds. The molecule has 2 aromatic rings. The van der Waals surface area contributed by atoms with Crippen LogP contribution >= 0.6 is 31.9 Å². The Morgan fingerprint density at radius 3 is 2.35 bits per heavy atom. The molecule has 0 bridgehead atoms. The van der Waals surface area contributed by atoms with E-state index in [9.17, 15) is 4.79 Å². The standard InChI is InChI=1S/C16H15Br2NO/c1-19(11-12-5-7-14(17)8-6-12)16(20)10-13-3-2-4-15(18)9-13/h2-9H,10-11H2,1H3. The summed E-state index contributed by atoms with van der Waals surface area (Å²) in [5.41, 5.74) is 2.14. The fraction of sp³-hybridized carbons (Fsp3) is 0.188. The summed E-state index contributed by atoms with van der Waals surface area (Å²) in [6.45, 7) is 0.625. The van der Waals surface area contributed by atoms with Gasteiger partial charge in [-0.05, 0) is 35.4 Å². The van der Waals surface area contributed by atoms with Crippen LogP contribution in [0.5, 0.6) is 0 Å². The van der Waals surface area contributed by atoms with Crippen LogP contribution in [0.3, 0.4) is 0 Å². The van der Waals surface area contributed by atoms with Crippen LogP contribution in [0.15, 0.2) is 57.5 Å². The fourth-order valence-corrected chi connectivity index (χ4v) is 2.62. The molecule has 0 aromatic heterocycles. The lowest BCUT2D eigenvalue weighted by Crippen LogP contribution is -2.27. The number of carbonyl (C=O) groups excluding carboxylic acids is 1. The predicted octanol–water partition coefficient (Wildman–Crippen LogP) is 4.41. The Morgan fingerprint density at radius 2 is 1.70 bits per heavy atom. The highest BCUT2D eigenvalue weighted by atomic mass is 79.9. The largest absolute Gasteiger partial charge is 0.341 e. The average molecular weight is 397 g/mol. The van der Waals surface area contributed by atoms with Crippen molar-refractivity contribution in [2.24, 2.45) is 0 Å². The zero-order chi connectivity index (χ0) is 14.5. The second kappa shape index (κ2) is 7.04. The number of hydrogen-bond donors (Lipinski definition) is 0. The molecule has 0 spiro atoms. The van der Waals surface area contributed by atoms with E-state index in [4.69, 9.17) is 0 Å². The molecule has 0 unspecified atom stereocenters. The minimum absolute atomic E-state index is 0.117. The molecule has 0 aliphatic carbocycles. The van der Waals surface area contributed by atoms with Crippen molar-refractivity contribution in [2.75, 3.05) is 7.05 Å². The third kappa shape index (κ3) is 4.46. The van der Waals surface area contributed by atoms with Gasteiger partial charge in [-0.3, -0.25) is 4.79 Å². The van der Waals surface area contributed by atoms with Gasteiger partial charge in [0, 0.05) is 22.5 Å². The van der Waals surface area contributed by atoms with Crippen LogP contribution in [-0.2, 0) is 17.8 Å². The Labute approximate surface area is 136 Å². The summed E-state index contributed by atoms with van der Waals surface area (Å²) in [7, 11) is 1.84. The SMILES string of the molecule is CN(Cc1ccc(Br)cc1)C(=O)Cc1cccc(Br)c1. The lowest BCUT2D eigenvalue weighted by Gasteiger charge is -2.17. The zero-order valence-corrected chi connectivity index (χ0v) is 14.3. The number of carbonyl (C=O) groups is 1. The van der Waals surface area contributed by atoms with Crippen molar-refractivity contribution < 1.29 is 4.79 Å². The molecular formula is C16H15Br2NO. The number of amides is 1. The number of rotatable bonds is 4. The van der Waals surface area contributed by atoms with Gasteiger partial charge in [0.05, 0.1) is 6.42 Å². The molecule has 0 saturated carbocycles. The maximum atomic E-state index is 12.2. The van der Waals surface area contributed by atoms with Crippen LogP contribution in [0.25, 0.3) is 0 Å². The van der Waals surface area contributed by atoms with E-state index < -0.39 is 0 Å². The molecule has 0 N–H and O–H groups in total. The predicted molar refractivity (Wildman–Crippen MR) is 88.5 cm³/mol. The maximum Gasteiger partial charge on any atom is 0.227 e. The van der Waals surface area contributed by atoms with Gasteiger partial charge in [-0.1, -0.05) is 56.1 Å². The van der Waals surface area contributed by atoms with Gasteiger partial charge in [-0.2, -0.15) is 0 Å². The van der Waals surface area contributed by atoms with Gasteiger partial charge in [0.25, 0.3) is 0 Å². The summed E-state index contributed by atoms with van der Waals surface area (Å²) < 4.78 is 2.04. The van der Waals surface area contributed by atoms with E-state index in [1.54, 1.807) is 4.90 Å². The Morgan fingerprint density at radius 1 is 1.00 bits per heavy atom. The summed E-state index contributed by atoms with van der Waals surface area (Å²) in [5, 5.41) is 0. The average Bonchev–Trinajstić information content (AvgIpc) is 2.41. The minimum atomic E-state index is 0.117. The molecule has 2 nitrogen and oxygen atoms in total. The summed E-state index contributed by atoms with van der Waals surface area (Å²) in [4.78, 5) is 14.0. The number of hydrogen-bond acceptors (Lipinski definition) is 1. The van der Waals surface area contributed by atoms with Crippen molar-refractivity contribution in [3.05, 3.63) is 68.6 Å². The first-order valence-electron chi connectivity index (χ1n) is 6.27. The number of benzene rings is 2. The molecule has 20 heavy (non-hydrogen) atoms. The Hall–Kier alpha value is -1.13.